The van der Waals surface area contributed by atoms with E-state index in [2.05, 4.69) is 10.1 Å². The fourth-order valence-corrected chi connectivity index (χ4v) is 2.71. The van der Waals surface area contributed by atoms with Gasteiger partial charge in [-0.15, -0.1) is 0 Å². The van der Waals surface area contributed by atoms with Crippen LogP contribution in [0.4, 0.5) is 24.7 Å². The molecule has 1 aromatic heterocycles. The van der Waals surface area contributed by atoms with E-state index in [0.717, 1.165) is 9.58 Å². The van der Waals surface area contributed by atoms with E-state index in [-0.39, 0.29) is 17.2 Å². The molecule has 9 heteroatoms. The minimum atomic E-state index is -1.33. The molecular weight excluding hydrogens is 347 g/mol. The second-order valence-electron chi connectivity index (χ2n) is 5.79. The number of nitrogens with one attached hydrogen (secondary N) is 1. The van der Waals surface area contributed by atoms with Crippen LogP contribution < -0.4 is 10.4 Å². The third-order valence-electron chi connectivity index (χ3n) is 3.88. The van der Waals surface area contributed by atoms with Gasteiger partial charge in [-0.1, -0.05) is 30.3 Å². The third-order valence-corrected chi connectivity index (χ3v) is 3.88. The van der Waals surface area contributed by atoms with Crippen molar-refractivity contribution in [3.63, 3.8) is 0 Å². The van der Waals surface area contributed by atoms with E-state index in [9.17, 15) is 18.4 Å². The molecule has 26 heavy (non-hydrogen) atoms. The van der Waals surface area contributed by atoms with Gasteiger partial charge in [0.15, 0.2) is 29.1 Å². The number of nitrogens with zero attached hydrogens (tertiary/aromatic N) is 4. The minimum absolute atomic E-state index is 0.0393. The van der Waals surface area contributed by atoms with Gasteiger partial charge >= 0.3 is 0 Å². The summed E-state index contributed by atoms with van der Waals surface area (Å²) >= 11 is 0. The lowest BCUT2D eigenvalue weighted by Gasteiger charge is -2.15. The Bertz CT molecular complexity index is 999. The van der Waals surface area contributed by atoms with E-state index in [0.29, 0.717) is 5.56 Å². The molecule has 1 heterocycles. The van der Waals surface area contributed by atoms with Crippen LogP contribution in [0.15, 0.2) is 35.3 Å². The second-order valence-corrected chi connectivity index (χ2v) is 5.79. The largest absolute Gasteiger partial charge is 0.373 e. The van der Waals surface area contributed by atoms with Crippen LogP contribution in [-0.2, 0) is 7.05 Å². The number of hydrogen-bond donors (Lipinski definition) is 2. The van der Waals surface area contributed by atoms with Crippen LogP contribution >= 0.6 is 0 Å². The molecule has 3 rings (SSSR count). The van der Waals surface area contributed by atoms with Crippen LogP contribution in [0, 0.1) is 17.5 Å². The van der Waals surface area contributed by atoms with Crippen molar-refractivity contribution in [2.24, 2.45) is 12.0 Å². The second kappa shape index (κ2) is 6.68. The van der Waals surface area contributed by atoms with Crippen molar-refractivity contribution in [2.75, 3.05) is 19.0 Å². The lowest BCUT2D eigenvalue weighted by molar-refractivity contribution is 0.235. The summed E-state index contributed by atoms with van der Waals surface area (Å²) in [6.07, 6.45) is 0. The van der Waals surface area contributed by atoms with E-state index in [1.165, 1.54) is 21.1 Å². The maximum atomic E-state index is 14.8. The summed E-state index contributed by atoms with van der Waals surface area (Å²) < 4.78 is 44.9. The Morgan fingerprint density at radius 3 is 2.35 bits per heavy atom. The topological polar surface area (TPSA) is 65.7 Å². The molecule has 0 amide bonds. The summed E-state index contributed by atoms with van der Waals surface area (Å²) in [5.74, 6) is -3.84. The number of halogens is 3. The zero-order chi connectivity index (χ0) is 19.0. The Balaban J connectivity index is 2.31. The maximum absolute atomic E-state index is 14.8. The molecule has 0 unspecified atom stereocenters. The molecule has 0 saturated heterocycles. The van der Waals surface area contributed by atoms with Crippen LogP contribution in [0.3, 0.4) is 0 Å². The molecular formula is C17H16F3N5O. The highest BCUT2D eigenvalue weighted by atomic mass is 19.2. The SMILES string of the molecule is CN(C)c1c(F)c(F)c2c(N=C(NO)c3ccccc3)nn(C)c2c1F. The molecule has 2 aromatic carbocycles. The molecule has 6 nitrogen and oxygen atoms in total. The summed E-state index contributed by atoms with van der Waals surface area (Å²) in [6.45, 7) is 0. The molecule has 0 atom stereocenters. The summed E-state index contributed by atoms with van der Waals surface area (Å²) in [5, 5.41) is 12.9. The molecule has 0 aliphatic carbocycles. The van der Waals surface area contributed by atoms with Gasteiger partial charge in [0.05, 0.1) is 5.39 Å². The first-order valence-corrected chi connectivity index (χ1v) is 7.61. The lowest BCUT2D eigenvalue weighted by Crippen LogP contribution is -2.19. The van der Waals surface area contributed by atoms with Gasteiger partial charge in [0.25, 0.3) is 0 Å². The predicted octanol–water partition coefficient (Wildman–Crippen LogP) is 3.11. The van der Waals surface area contributed by atoms with Crippen LogP contribution in [0.5, 0.6) is 0 Å². The van der Waals surface area contributed by atoms with Crippen molar-refractivity contribution < 1.29 is 18.4 Å². The number of aromatic nitrogens is 2. The van der Waals surface area contributed by atoms with E-state index in [1.54, 1.807) is 30.3 Å². The number of aliphatic imine (C=N–C) groups is 1. The summed E-state index contributed by atoms with van der Waals surface area (Å²) in [6, 6.07) is 8.48. The monoisotopic (exact) mass is 363 g/mol. The first-order valence-electron chi connectivity index (χ1n) is 7.61. The number of hydroxylamine groups is 1. The van der Waals surface area contributed by atoms with Crippen molar-refractivity contribution in [2.45, 2.75) is 0 Å². The standard InChI is InChI=1S/C17H16F3N5O/c1-24(2)15-12(19)11(18)10-14(13(15)20)25(3)22-17(10)21-16(23-26)9-7-5-4-6-8-9/h4-8,26H,1-3H3,(H,21,22,23). The number of benzene rings is 2. The lowest BCUT2D eigenvalue weighted by atomic mass is 10.1. The molecule has 2 N–H and O–H groups in total. The highest BCUT2D eigenvalue weighted by Crippen LogP contribution is 2.37. The van der Waals surface area contributed by atoms with E-state index in [4.69, 9.17) is 0 Å². The fraction of sp³-hybridized carbons (Fsp3) is 0.176. The van der Waals surface area contributed by atoms with Gasteiger partial charge in [-0.3, -0.25) is 15.4 Å². The average Bonchev–Trinajstić information content (AvgIpc) is 2.94. The molecule has 0 bridgehead atoms. The van der Waals surface area contributed by atoms with E-state index in [1.807, 2.05) is 5.48 Å². The Morgan fingerprint density at radius 2 is 1.77 bits per heavy atom. The number of amidine groups is 1. The van der Waals surface area contributed by atoms with Gasteiger partial charge in [0.2, 0.25) is 0 Å². The van der Waals surface area contributed by atoms with Crippen LogP contribution in [0.2, 0.25) is 0 Å². The average molecular weight is 363 g/mol. The number of rotatable bonds is 3. The van der Waals surface area contributed by atoms with Crippen molar-refractivity contribution in [1.29, 1.82) is 0 Å². The van der Waals surface area contributed by atoms with Crippen LogP contribution in [0.25, 0.3) is 10.9 Å². The van der Waals surface area contributed by atoms with E-state index >= 15 is 0 Å². The Labute approximate surface area is 147 Å². The zero-order valence-electron chi connectivity index (χ0n) is 14.3. The highest BCUT2D eigenvalue weighted by molar-refractivity contribution is 6.02. The summed E-state index contributed by atoms with van der Waals surface area (Å²) in [4.78, 5) is 5.20. The molecule has 0 radical (unpaired) electrons. The molecule has 0 aliphatic rings. The van der Waals surface area contributed by atoms with Crippen molar-refractivity contribution in [3.8, 4) is 0 Å². The summed E-state index contributed by atoms with van der Waals surface area (Å²) in [7, 11) is 4.21. The van der Waals surface area contributed by atoms with Gasteiger partial charge in [0, 0.05) is 26.7 Å². The third kappa shape index (κ3) is 2.76. The van der Waals surface area contributed by atoms with Gasteiger partial charge in [-0.2, -0.15) is 5.10 Å². The van der Waals surface area contributed by atoms with Crippen molar-refractivity contribution >= 4 is 28.2 Å². The first-order chi connectivity index (χ1) is 12.4. The van der Waals surface area contributed by atoms with Crippen molar-refractivity contribution in [1.82, 2.24) is 15.3 Å². The van der Waals surface area contributed by atoms with Crippen LogP contribution in [-0.4, -0.2) is 34.9 Å². The van der Waals surface area contributed by atoms with Gasteiger partial charge in [-0.05, 0) is 0 Å². The normalized spacial score (nSPS) is 11.9. The Kier molecular flexibility index (Phi) is 4.56. The summed E-state index contributed by atoms with van der Waals surface area (Å²) in [5.41, 5.74) is 1.66. The Morgan fingerprint density at radius 1 is 1.12 bits per heavy atom. The quantitative estimate of drug-likeness (QED) is 0.325. The number of aryl methyl sites for hydroxylation is 1. The van der Waals surface area contributed by atoms with E-state index < -0.39 is 28.5 Å². The zero-order valence-corrected chi connectivity index (χ0v) is 14.3. The molecule has 0 fully saturated rings. The van der Waals surface area contributed by atoms with Crippen LogP contribution in [0.1, 0.15) is 5.56 Å². The molecule has 0 aliphatic heterocycles. The predicted molar refractivity (Wildman–Crippen MR) is 92.5 cm³/mol. The minimum Gasteiger partial charge on any atom is -0.373 e. The number of fused-ring (bicyclic) bond motifs is 1. The highest BCUT2D eigenvalue weighted by Gasteiger charge is 2.27. The first kappa shape index (κ1) is 17.7. The maximum Gasteiger partial charge on any atom is 0.187 e. The molecule has 3 aromatic rings. The van der Waals surface area contributed by atoms with Crippen molar-refractivity contribution in [3.05, 3.63) is 53.3 Å². The van der Waals surface area contributed by atoms with Gasteiger partial charge in [0.1, 0.15) is 11.2 Å². The Hall–Kier alpha value is -3.07. The van der Waals surface area contributed by atoms with Gasteiger partial charge in [-0.25, -0.2) is 18.2 Å². The fourth-order valence-electron chi connectivity index (χ4n) is 2.71. The molecule has 0 spiro atoms. The van der Waals surface area contributed by atoms with Gasteiger partial charge < -0.3 is 4.90 Å². The number of hydrogen-bond acceptors (Lipinski definition) is 4. The smallest absolute Gasteiger partial charge is 0.187 e. The molecule has 0 saturated carbocycles. The molecule has 136 valence electrons. The number of anilines is 1.